The third-order valence-corrected chi connectivity index (χ3v) is 2.33. The standard InChI is InChI=1S/C6H11NO.ClH/c8-3-6-5-1-4(5)2-7-6;/h4-8H,1-3H2;1H. The van der Waals surface area contributed by atoms with E-state index in [4.69, 9.17) is 5.11 Å². The number of rotatable bonds is 1. The second-order valence-corrected chi connectivity index (χ2v) is 2.86. The van der Waals surface area contributed by atoms with Gasteiger partial charge < -0.3 is 10.4 Å². The minimum atomic E-state index is 0. The molecule has 3 unspecified atom stereocenters. The highest BCUT2D eigenvalue weighted by molar-refractivity contribution is 5.85. The predicted octanol–water partition coefficient (Wildman–Crippen LogP) is 0.00840. The summed E-state index contributed by atoms with van der Waals surface area (Å²) in [5.41, 5.74) is 0. The van der Waals surface area contributed by atoms with Crippen LogP contribution in [0.5, 0.6) is 0 Å². The van der Waals surface area contributed by atoms with Gasteiger partial charge in [0.25, 0.3) is 0 Å². The van der Waals surface area contributed by atoms with Gasteiger partial charge in [-0.15, -0.1) is 12.4 Å². The molecule has 0 aromatic rings. The van der Waals surface area contributed by atoms with Crippen LogP contribution in [0.1, 0.15) is 6.42 Å². The molecule has 3 atom stereocenters. The Morgan fingerprint density at radius 2 is 2.33 bits per heavy atom. The van der Waals surface area contributed by atoms with Crippen molar-refractivity contribution in [2.75, 3.05) is 13.2 Å². The minimum Gasteiger partial charge on any atom is -0.395 e. The predicted molar refractivity (Wildman–Crippen MR) is 37.7 cm³/mol. The molecule has 2 nitrogen and oxygen atoms in total. The van der Waals surface area contributed by atoms with E-state index in [1.807, 2.05) is 0 Å². The van der Waals surface area contributed by atoms with Crippen LogP contribution < -0.4 is 5.32 Å². The Bertz CT molecular complexity index is 109. The second kappa shape index (κ2) is 2.45. The zero-order valence-electron chi connectivity index (χ0n) is 5.21. The largest absolute Gasteiger partial charge is 0.395 e. The lowest BCUT2D eigenvalue weighted by Crippen LogP contribution is -2.29. The van der Waals surface area contributed by atoms with Gasteiger partial charge >= 0.3 is 0 Å². The minimum absolute atomic E-state index is 0. The summed E-state index contributed by atoms with van der Waals surface area (Å²) in [5, 5.41) is 12.0. The van der Waals surface area contributed by atoms with Crippen molar-refractivity contribution in [1.82, 2.24) is 5.32 Å². The Labute approximate surface area is 61.0 Å². The lowest BCUT2D eigenvalue weighted by molar-refractivity contribution is 0.242. The first-order valence-electron chi connectivity index (χ1n) is 3.26. The fourth-order valence-corrected chi connectivity index (χ4v) is 1.65. The van der Waals surface area contributed by atoms with E-state index in [9.17, 15) is 0 Å². The first-order valence-corrected chi connectivity index (χ1v) is 3.26. The smallest absolute Gasteiger partial charge is 0.0587 e. The van der Waals surface area contributed by atoms with Gasteiger partial charge in [0, 0.05) is 6.04 Å². The van der Waals surface area contributed by atoms with Crippen molar-refractivity contribution in [3.05, 3.63) is 0 Å². The van der Waals surface area contributed by atoms with E-state index in [-0.39, 0.29) is 12.4 Å². The van der Waals surface area contributed by atoms with Crippen LogP contribution in [0.2, 0.25) is 0 Å². The second-order valence-electron chi connectivity index (χ2n) is 2.86. The van der Waals surface area contributed by atoms with Gasteiger partial charge in [0.15, 0.2) is 0 Å². The number of nitrogens with one attached hydrogen (secondary N) is 1. The van der Waals surface area contributed by atoms with Crippen molar-refractivity contribution < 1.29 is 5.11 Å². The number of aliphatic hydroxyl groups is 1. The average molecular weight is 150 g/mol. The van der Waals surface area contributed by atoms with E-state index in [0.29, 0.717) is 12.6 Å². The van der Waals surface area contributed by atoms with Gasteiger partial charge in [-0.3, -0.25) is 0 Å². The molecular formula is C6H12ClNO. The third-order valence-electron chi connectivity index (χ3n) is 2.33. The lowest BCUT2D eigenvalue weighted by atomic mass is 10.2. The van der Waals surface area contributed by atoms with Crippen LogP contribution >= 0.6 is 12.4 Å². The highest BCUT2D eigenvalue weighted by Gasteiger charge is 2.47. The van der Waals surface area contributed by atoms with Gasteiger partial charge in [-0.25, -0.2) is 0 Å². The fourth-order valence-electron chi connectivity index (χ4n) is 1.65. The van der Waals surface area contributed by atoms with Crippen LogP contribution in [-0.2, 0) is 0 Å². The Morgan fingerprint density at radius 3 is 2.56 bits per heavy atom. The van der Waals surface area contributed by atoms with E-state index in [1.165, 1.54) is 6.42 Å². The highest BCUT2D eigenvalue weighted by atomic mass is 35.5. The molecule has 0 amide bonds. The first-order chi connectivity index (χ1) is 3.92. The zero-order chi connectivity index (χ0) is 5.56. The lowest BCUT2D eigenvalue weighted by Gasteiger charge is -2.06. The van der Waals surface area contributed by atoms with E-state index in [2.05, 4.69) is 5.32 Å². The molecule has 2 aliphatic rings. The van der Waals surface area contributed by atoms with Gasteiger partial charge in [0.05, 0.1) is 6.61 Å². The topological polar surface area (TPSA) is 32.3 Å². The SMILES string of the molecule is Cl.OCC1NCC2CC21. The summed E-state index contributed by atoms with van der Waals surface area (Å²) in [7, 11) is 0. The Hall–Kier alpha value is 0.210. The Balaban J connectivity index is 0.000000405. The fraction of sp³-hybridized carbons (Fsp3) is 1.00. The molecule has 9 heavy (non-hydrogen) atoms. The van der Waals surface area contributed by atoms with E-state index in [1.54, 1.807) is 0 Å². The number of aliphatic hydroxyl groups excluding tert-OH is 1. The number of hydrogen-bond acceptors (Lipinski definition) is 2. The molecule has 2 rings (SSSR count). The van der Waals surface area contributed by atoms with Gasteiger partial charge in [-0.2, -0.15) is 0 Å². The van der Waals surface area contributed by atoms with Crippen molar-refractivity contribution in [3.63, 3.8) is 0 Å². The van der Waals surface area contributed by atoms with Crippen LogP contribution in [0.3, 0.4) is 0 Å². The normalized spacial score (nSPS) is 45.7. The molecular weight excluding hydrogens is 138 g/mol. The van der Waals surface area contributed by atoms with Crippen LogP contribution in [-0.4, -0.2) is 24.3 Å². The van der Waals surface area contributed by atoms with E-state index >= 15 is 0 Å². The molecule has 1 saturated carbocycles. The molecule has 0 aromatic heterocycles. The van der Waals surface area contributed by atoms with Crippen LogP contribution in [0.15, 0.2) is 0 Å². The van der Waals surface area contributed by atoms with Gasteiger partial charge in [-0.05, 0) is 24.8 Å². The summed E-state index contributed by atoms with van der Waals surface area (Å²) in [5.74, 6) is 1.76. The van der Waals surface area contributed by atoms with Crippen molar-refractivity contribution in [2.45, 2.75) is 12.5 Å². The molecule has 0 aromatic carbocycles. The number of fused-ring (bicyclic) bond motifs is 1. The van der Waals surface area contributed by atoms with Crippen LogP contribution in [0.4, 0.5) is 0 Å². The maximum absolute atomic E-state index is 8.70. The maximum Gasteiger partial charge on any atom is 0.0587 e. The molecule has 1 aliphatic heterocycles. The molecule has 3 heteroatoms. The summed E-state index contributed by atoms with van der Waals surface area (Å²) in [6.07, 6.45) is 1.36. The maximum atomic E-state index is 8.70. The molecule has 1 saturated heterocycles. The summed E-state index contributed by atoms with van der Waals surface area (Å²) in [6.45, 7) is 1.48. The molecule has 1 aliphatic carbocycles. The van der Waals surface area contributed by atoms with Gasteiger partial charge in [0.2, 0.25) is 0 Å². The third kappa shape index (κ3) is 1.07. The first kappa shape index (κ1) is 7.32. The van der Waals surface area contributed by atoms with Crippen molar-refractivity contribution in [3.8, 4) is 0 Å². The van der Waals surface area contributed by atoms with Crippen LogP contribution in [0.25, 0.3) is 0 Å². The van der Waals surface area contributed by atoms with Crippen molar-refractivity contribution in [1.29, 1.82) is 0 Å². The average Bonchev–Trinajstić information content (AvgIpc) is 2.46. The number of piperidine rings is 1. The molecule has 2 fully saturated rings. The Morgan fingerprint density at radius 1 is 1.56 bits per heavy atom. The number of halogens is 1. The summed E-state index contributed by atoms with van der Waals surface area (Å²) >= 11 is 0. The van der Waals surface area contributed by atoms with E-state index in [0.717, 1.165) is 18.4 Å². The molecule has 1 heterocycles. The van der Waals surface area contributed by atoms with E-state index < -0.39 is 0 Å². The monoisotopic (exact) mass is 149 g/mol. The zero-order valence-corrected chi connectivity index (χ0v) is 6.03. The van der Waals surface area contributed by atoms with Gasteiger partial charge in [0.1, 0.15) is 0 Å². The van der Waals surface area contributed by atoms with Gasteiger partial charge in [-0.1, -0.05) is 0 Å². The Kier molecular flexibility index (Phi) is 1.99. The summed E-state index contributed by atoms with van der Waals surface area (Å²) in [6, 6.07) is 0.444. The van der Waals surface area contributed by atoms with Crippen molar-refractivity contribution in [2.24, 2.45) is 11.8 Å². The quantitative estimate of drug-likeness (QED) is 0.551. The number of hydrogen-bond donors (Lipinski definition) is 2. The molecule has 2 N–H and O–H groups in total. The molecule has 0 bridgehead atoms. The van der Waals surface area contributed by atoms with Crippen molar-refractivity contribution >= 4 is 12.4 Å². The van der Waals surface area contributed by atoms with Crippen LogP contribution in [0, 0.1) is 11.8 Å². The molecule has 54 valence electrons. The molecule has 0 radical (unpaired) electrons. The summed E-state index contributed by atoms with van der Waals surface area (Å²) < 4.78 is 0. The summed E-state index contributed by atoms with van der Waals surface area (Å²) in [4.78, 5) is 0. The highest BCUT2D eigenvalue weighted by Crippen LogP contribution is 2.44. The molecule has 0 spiro atoms.